The van der Waals surface area contributed by atoms with Crippen molar-refractivity contribution < 1.29 is 9.32 Å². The van der Waals surface area contributed by atoms with Gasteiger partial charge in [-0.15, -0.1) is 0 Å². The molecule has 0 aliphatic heterocycles. The first-order valence-corrected chi connectivity index (χ1v) is 6.65. The van der Waals surface area contributed by atoms with Crippen molar-refractivity contribution in [1.82, 2.24) is 10.1 Å². The first-order chi connectivity index (χ1) is 8.31. The second-order valence-electron chi connectivity index (χ2n) is 5.36. The van der Waals surface area contributed by atoms with Gasteiger partial charge in [-0.2, -0.15) is 4.98 Å². The highest BCUT2D eigenvalue weighted by molar-refractivity contribution is 5.81. The van der Waals surface area contributed by atoms with Crippen molar-refractivity contribution in [1.29, 1.82) is 0 Å². The van der Waals surface area contributed by atoms with Crippen LogP contribution in [-0.2, 0) is 17.6 Å². The average Bonchev–Trinajstić information content (AvgIpc) is 3.02. The molecular weight excluding hydrogens is 216 g/mol. The van der Waals surface area contributed by atoms with Gasteiger partial charge >= 0.3 is 0 Å². The van der Waals surface area contributed by atoms with Crippen LogP contribution in [-0.4, -0.2) is 15.9 Å². The highest BCUT2D eigenvalue weighted by atomic mass is 16.5. The maximum Gasteiger partial charge on any atom is 0.227 e. The summed E-state index contributed by atoms with van der Waals surface area (Å²) in [7, 11) is 0. The molecule has 1 aromatic heterocycles. The van der Waals surface area contributed by atoms with E-state index in [4.69, 9.17) is 4.52 Å². The number of carbonyl (C=O) groups is 1. The third kappa shape index (κ3) is 2.73. The zero-order valence-electron chi connectivity index (χ0n) is 10.0. The van der Waals surface area contributed by atoms with Gasteiger partial charge in [0.05, 0.1) is 0 Å². The van der Waals surface area contributed by atoms with E-state index in [-0.39, 0.29) is 5.92 Å². The molecule has 2 fully saturated rings. The Hall–Kier alpha value is -1.19. The Morgan fingerprint density at radius 2 is 2.06 bits per heavy atom. The van der Waals surface area contributed by atoms with Crippen molar-refractivity contribution in [2.75, 3.05) is 0 Å². The molecular formula is C13H18N2O2. The summed E-state index contributed by atoms with van der Waals surface area (Å²) in [5.41, 5.74) is 0. The minimum absolute atomic E-state index is 0.123. The minimum atomic E-state index is 0.123. The largest absolute Gasteiger partial charge is 0.339 e. The van der Waals surface area contributed by atoms with Crippen molar-refractivity contribution in [3.63, 3.8) is 0 Å². The standard InChI is InChI=1S/C13H18N2O2/c16-11-4-2-1-3-10(11)8-13-14-12(15-17-13)7-9-5-6-9/h9-10H,1-8H2. The van der Waals surface area contributed by atoms with Crippen molar-refractivity contribution in [2.45, 2.75) is 51.4 Å². The molecule has 0 saturated heterocycles. The summed E-state index contributed by atoms with van der Waals surface area (Å²) in [6.07, 6.45) is 8.10. The van der Waals surface area contributed by atoms with Crippen LogP contribution in [0, 0.1) is 11.8 Å². The highest BCUT2D eigenvalue weighted by Crippen LogP contribution is 2.32. The van der Waals surface area contributed by atoms with Crippen molar-refractivity contribution in [3.8, 4) is 0 Å². The van der Waals surface area contributed by atoms with Gasteiger partial charge in [0.2, 0.25) is 5.89 Å². The molecule has 1 aromatic rings. The number of nitrogens with zero attached hydrogens (tertiary/aromatic N) is 2. The predicted octanol–water partition coefficient (Wildman–Crippen LogP) is 2.32. The van der Waals surface area contributed by atoms with Crippen molar-refractivity contribution in [3.05, 3.63) is 11.7 Å². The molecule has 1 unspecified atom stereocenters. The first kappa shape index (κ1) is 10.9. The lowest BCUT2D eigenvalue weighted by Crippen LogP contribution is -2.21. The molecule has 92 valence electrons. The van der Waals surface area contributed by atoms with Crippen molar-refractivity contribution >= 4 is 5.78 Å². The van der Waals surface area contributed by atoms with E-state index in [0.29, 0.717) is 18.1 Å². The number of hydrogen-bond acceptors (Lipinski definition) is 4. The molecule has 2 aliphatic rings. The van der Waals surface area contributed by atoms with Crippen LogP contribution < -0.4 is 0 Å². The van der Waals surface area contributed by atoms with E-state index in [1.54, 1.807) is 0 Å². The molecule has 17 heavy (non-hydrogen) atoms. The van der Waals surface area contributed by atoms with Crippen LogP contribution in [0.3, 0.4) is 0 Å². The van der Waals surface area contributed by atoms with Gasteiger partial charge in [0.15, 0.2) is 5.82 Å². The maximum absolute atomic E-state index is 11.7. The Morgan fingerprint density at radius 1 is 1.18 bits per heavy atom. The molecule has 4 heteroatoms. The predicted molar refractivity (Wildman–Crippen MR) is 61.4 cm³/mol. The Bertz CT molecular complexity index is 409. The second-order valence-corrected chi connectivity index (χ2v) is 5.36. The van der Waals surface area contributed by atoms with Gasteiger partial charge in [0.1, 0.15) is 5.78 Å². The van der Waals surface area contributed by atoms with Crippen molar-refractivity contribution in [2.24, 2.45) is 11.8 Å². The molecule has 0 radical (unpaired) electrons. The van der Waals surface area contributed by atoms with E-state index >= 15 is 0 Å². The summed E-state index contributed by atoms with van der Waals surface area (Å²) in [4.78, 5) is 16.1. The van der Waals surface area contributed by atoms with Gasteiger partial charge in [-0.05, 0) is 31.6 Å². The van der Waals surface area contributed by atoms with Crippen LogP contribution in [0.25, 0.3) is 0 Å². The van der Waals surface area contributed by atoms with Gasteiger partial charge in [-0.1, -0.05) is 11.6 Å². The zero-order chi connectivity index (χ0) is 11.7. The van der Waals surface area contributed by atoms with Gasteiger partial charge in [0.25, 0.3) is 0 Å². The van der Waals surface area contributed by atoms with Gasteiger partial charge in [-0.25, -0.2) is 0 Å². The summed E-state index contributed by atoms with van der Waals surface area (Å²) in [5, 5.41) is 3.99. The molecule has 2 aliphatic carbocycles. The molecule has 1 heterocycles. The van der Waals surface area contributed by atoms with Gasteiger partial charge in [-0.3, -0.25) is 4.79 Å². The average molecular weight is 234 g/mol. The molecule has 4 nitrogen and oxygen atoms in total. The number of Topliss-reactive ketones (excluding diaryl/α,β-unsaturated/α-hetero) is 1. The summed E-state index contributed by atoms with van der Waals surface area (Å²) < 4.78 is 5.23. The Labute approximate surface area is 101 Å². The second kappa shape index (κ2) is 4.59. The monoisotopic (exact) mass is 234 g/mol. The third-order valence-corrected chi connectivity index (χ3v) is 3.78. The van der Waals surface area contributed by atoms with Crippen LogP contribution in [0.2, 0.25) is 0 Å². The van der Waals surface area contributed by atoms with E-state index in [0.717, 1.165) is 43.8 Å². The number of ketones is 1. The van der Waals surface area contributed by atoms with E-state index in [1.807, 2.05) is 0 Å². The molecule has 0 N–H and O–H groups in total. The fraction of sp³-hybridized carbons (Fsp3) is 0.769. The summed E-state index contributed by atoms with van der Waals surface area (Å²) in [6.45, 7) is 0. The molecule has 0 spiro atoms. The number of carbonyl (C=O) groups excluding carboxylic acids is 1. The summed E-state index contributed by atoms with van der Waals surface area (Å²) in [5.74, 6) is 2.75. The van der Waals surface area contributed by atoms with Gasteiger partial charge < -0.3 is 4.52 Å². The normalized spacial score (nSPS) is 25.2. The van der Waals surface area contributed by atoms with E-state index < -0.39 is 0 Å². The molecule has 3 rings (SSSR count). The van der Waals surface area contributed by atoms with Crippen LogP contribution in [0.1, 0.15) is 50.2 Å². The minimum Gasteiger partial charge on any atom is -0.339 e. The number of hydrogen-bond donors (Lipinski definition) is 0. The summed E-state index contributed by atoms with van der Waals surface area (Å²) in [6, 6.07) is 0. The molecule has 2 saturated carbocycles. The summed E-state index contributed by atoms with van der Waals surface area (Å²) >= 11 is 0. The quantitative estimate of drug-likeness (QED) is 0.802. The fourth-order valence-electron chi connectivity index (χ4n) is 2.52. The zero-order valence-corrected chi connectivity index (χ0v) is 10.0. The topological polar surface area (TPSA) is 56.0 Å². The van der Waals surface area contributed by atoms with Crippen LogP contribution in [0.5, 0.6) is 0 Å². The number of aromatic nitrogens is 2. The molecule has 0 aromatic carbocycles. The molecule has 1 atom stereocenters. The maximum atomic E-state index is 11.7. The third-order valence-electron chi connectivity index (χ3n) is 3.78. The van der Waals surface area contributed by atoms with E-state index in [2.05, 4.69) is 10.1 Å². The highest BCUT2D eigenvalue weighted by Gasteiger charge is 2.26. The molecule has 0 amide bonds. The Morgan fingerprint density at radius 3 is 2.82 bits per heavy atom. The molecule has 0 bridgehead atoms. The fourth-order valence-corrected chi connectivity index (χ4v) is 2.52. The van der Waals surface area contributed by atoms with Crippen LogP contribution >= 0.6 is 0 Å². The number of rotatable bonds is 4. The van der Waals surface area contributed by atoms with Crippen LogP contribution in [0.15, 0.2) is 4.52 Å². The van der Waals surface area contributed by atoms with E-state index in [9.17, 15) is 4.79 Å². The Kier molecular flexibility index (Phi) is 2.95. The SMILES string of the molecule is O=C1CCCCC1Cc1nc(CC2CC2)no1. The van der Waals surface area contributed by atoms with Crippen LogP contribution in [0.4, 0.5) is 0 Å². The lowest BCUT2D eigenvalue weighted by atomic mass is 9.86. The smallest absolute Gasteiger partial charge is 0.227 e. The lowest BCUT2D eigenvalue weighted by molar-refractivity contribution is -0.124. The Balaban J connectivity index is 1.59. The van der Waals surface area contributed by atoms with E-state index in [1.165, 1.54) is 12.8 Å². The van der Waals surface area contributed by atoms with Gasteiger partial charge in [0, 0.05) is 25.2 Å². The lowest BCUT2D eigenvalue weighted by Gasteiger charge is -2.18. The first-order valence-electron chi connectivity index (χ1n) is 6.65.